The predicted molar refractivity (Wildman–Crippen MR) is 41.8 cm³/mol. The lowest BCUT2D eigenvalue weighted by Crippen LogP contribution is -2.05. The third-order valence-electron chi connectivity index (χ3n) is 1.38. The van der Waals surface area contributed by atoms with E-state index in [1.165, 1.54) is 18.7 Å². The minimum atomic E-state index is 0.838. The van der Waals surface area contributed by atoms with Gasteiger partial charge in [-0.05, 0) is 19.4 Å². The zero-order chi connectivity index (χ0) is 7.40. The van der Waals surface area contributed by atoms with Crippen molar-refractivity contribution in [1.82, 2.24) is 4.90 Å². The van der Waals surface area contributed by atoms with E-state index in [0.717, 1.165) is 13.2 Å². The summed E-state index contributed by atoms with van der Waals surface area (Å²) in [5, 5.41) is 0. The first-order valence-electron chi connectivity index (χ1n) is 3.76. The van der Waals surface area contributed by atoms with Gasteiger partial charge in [-0.25, -0.2) is 0 Å². The summed E-state index contributed by atoms with van der Waals surface area (Å²) < 4.78 is 5.24. The second-order valence-electron chi connectivity index (χ2n) is 2.91. The van der Waals surface area contributed by atoms with Crippen LogP contribution in [0.15, 0.2) is 11.8 Å². The minimum Gasteiger partial charge on any atom is -0.500 e. The van der Waals surface area contributed by atoms with E-state index < -0.39 is 0 Å². The zero-order valence-corrected chi connectivity index (χ0v) is 6.76. The van der Waals surface area contributed by atoms with Gasteiger partial charge in [0.25, 0.3) is 0 Å². The Hall–Kier alpha value is -0.500. The molecule has 1 aliphatic heterocycles. The molecule has 0 bridgehead atoms. The Bertz CT molecular complexity index is 123. The highest BCUT2D eigenvalue weighted by atomic mass is 16.5. The molecule has 0 aliphatic carbocycles. The number of hydrogen-bond donors (Lipinski definition) is 0. The molecule has 2 heteroatoms. The summed E-state index contributed by atoms with van der Waals surface area (Å²) in [6.07, 6.45) is 1.82. The summed E-state index contributed by atoms with van der Waals surface area (Å²) in [6.45, 7) is 8.53. The Labute approximate surface area is 62.5 Å². The van der Waals surface area contributed by atoms with Crippen LogP contribution < -0.4 is 0 Å². The lowest BCUT2D eigenvalue weighted by atomic mass is 10.4. The first kappa shape index (κ1) is 7.61. The molecule has 0 atom stereocenters. The second-order valence-corrected chi connectivity index (χ2v) is 2.91. The van der Waals surface area contributed by atoms with Gasteiger partial charge in [0.15, 0.2) is 0 Å². The van der Waals surface area contributed by atoms with Gasteiger partial charge in [0, 0.05) is 19.6 Å². The van der Waals surface area contributed by atoms with Crippen molar-refractivity contribution >= 4 is 0 Å². The fourth-order valence-electron chi connectivity index (χ4n) is 0.702. The molecule has 58 valence electrons. The summed E-state index contributed by atoms with van der Waals surface area (Å²) in [6, 6.07) is 0. The topological polar surface area (TPSA) is 12.2 Å². The van der Waals surface area contributed by atoms with Gasteiger partial charge >= 0.3 is 0 Å². The van der Waals surface area contributed by atoms with Gasteiger partial charge in [-0.15, -0.1) is 0 Å². The monoisotopic (exact) mass is 141 g/mol. The van der Waals surface area contributed by atoms with Gasteiger partial charge in [-0.3, -0.25) is 4.90 Å². The number of rotatable bonds is 4. The molecule has 1 rings (SSSR count). The molecular formula is C8H15NO. The molecule has 1 saturated heterocycles. The van der Waals surface area contributed by atoms with E-state index in [1.54, 1.807) is 0 Å². The van der Waals surface area contributed by atoms with E-state index in [-0.39, 0.29) is 0 Å². The van der Waals surface area contributed by atoms with Crippen LogP contribution in [-0.2, 0) is 4.74 Å². The summed E-state index contributed by atoms with van der Waals surface area (Å²) in [5.74, 6) is 0. The molecule has 0 aromatic carbocycles. The molecule has 0 saturated carbocycles. The van der Waals surface area contributed by atoms with Crippen molar-refractivity contribution < 1.29 is 4.74 Å². The summed E-state index contributed by atoms with van der Waals surface area (Å²) >= 11 is 0. The third kappa shape index (κ3) is 3.51. The third-order valence-corrected chi connectivity index (χ3v) is 1.38. The quantitative estimate of drug-likeness (QED) is 0.332. The van der Waals surface area contributed by atoms with Crippen molar-refractivity contribution in [3.63, 3.8) is 0 Å². The van der Waals surface area contributed by atoms with Crippen LogP contribution in [0.3, 0.4) is 0 Å². The van der Waals surface area contributed by atoms with Crippen LogP contribution in [-0.4, -0.2) is 31.1 Å². The van der Waals surface area contributed by atoms with E-state index in [4.69, 9.17) is 4.74 Å². The molecule has 0 aromatic rings. The van der Waals surface area contributed by atoms with Gasteiger partial charge in [0.2, 0.25) is 0 Å². The molecule has 1 heterocycles. The van der Waals surface area contributed by atoms with E-state index in [2.05, 4.69) is 4.90 Å². The molecule has 0 spiro atoms. The Morgan fingerprint density at radius 2 is 2.20 bits per heavy atom. The SMILES string of the molecule is CC(C)=COCCN1CC1. The number of ether oxygens (including phenoxy) is 1. The number of nitrogens with zero attached hydrogens (tertiary/aromatic N) is 1. The average molecular weight is 141 g/mol. The van der Waals surface area contributed by atoms with Gasteiger partial charge in [-0.1, -0.05) is 0 Å². The van der Waals surface area contributed by atoms with Crippen LogP contribution in [0, 0.1) is 0 Å². The van der Waals surface area contributed by atoms with Crippen LogP contribution in [0.2, 0.25) is 0 Å². The maximum atomic E-state index is 5.24. The van der Waals surface area contributed by atoms with Gasteiger partial charge in [-0.2, -0.15) is 0 Å². The van der Waals surface area contributed by atoms with Crippen molar-refractivity contribution in [1.29, 1.82) is 0 Å². The normalized spacial score (nSPS) is 16.6. The van der Waals surface area contributed by atoms with Gasteiger partial charge in [0.05, 0.1) is 12.9 Å². The van der Waals surface area contributed by atoms with Gasteiger partial charge < -0.3 is 4.74 Å². The maximum absolute atomic E-state index is 5.24. The summed E-state index contributed by atoms with van der Waals surface area (Å²) in [5.41, 5.74) is 1.23. The van der Waals surface area contributed by atoms with Crippen molar-refractivity contribution in [3.05, 3.63) is 11.8 Å². The molecular weight excluding hydrogens is 126 g/mol. The standard InChI is InChI=1S/C8H15NO/c1-8(2)7-10-6-5-9-3-4-9/h7H,3-6H2,1-2H3. The molecule has 1 fully saturated rings. The molecule has 0 amide bonds. The molecule has 1 aliphatic rings. The van der Waals surface area contributed by atoms with E-state index in [1.807, 2.05) is 20.1 Å². The van der Waals surface area contributed by atoms with E-state index >= 15 is 0 Å². The first-order valence-corrected chi connectivity index (χ1v) is 3.76. The minimum absolute atomic E-state index is 0.838. The number of hydrogen-bond acceptors (Lipinski definition) is 2. The zero-order valence-electron chi connectivity index (χ0n) is 6.76. The highest BCUT2D eigenvalue weighted by molar-refractivity contribution is 4.86. The molecule has 2 nitrogen and oxygen atoms in total. The van der Waals surface area contributed by atoms with E-state index in [0.29, 0.717) is 0 Å². The average Bonchev–Trinajstić information content (AvgIpc) is 2.62. The Morgan fingerprint density at radius 3 is 2.70 bits per heavy atom. The van der Waals surface area contributed by atoms with Crippen molar-refractivity contribution in [3.8, 4) is 0 Å². The highest BCUT2D eigenvalue weighted by Gasteiger charge is 2.15. The van der Waals surface area contributed by atoms with Crippen LogP contribution in [0.25, 0.3) is 0 Å². The Balaban J connectivity index is 1.89. The van der Waals surface area contributed by atoms with E-state index in [9.17, 15) is 0 Å². The van der Waals surface area contributed by atoms with Crippen LogP contribution >= 0.6 is 0 Å². The molecule has 0 unspecified atom stereocenters. The maximum Gasteiger partial charge on any atom is 0.1000 e. The lowest BCUT2D eigenvalue weighted by Gasteiger charge is -2.00. The second kappa shape index (κ2) is 3.62. The largest absolute Gasteiger partial charge is 0.500 e. The fraction of sp³-hybridized carbons (Fsp3) is 0.750. The predicted octanol–water partition coefficient (Wildman–Crippen LogP) is 1.24. The molecule has 10 heavy (non-hydrogen) atoms. The number of allylic oxidation sites excluding steroid dienone is 1. The molecule has 0 aromatic heterocycles. The highest BCUT2D eigenvalue weighted by Crippen LogP contribution is 2.01. The Morgan fingerprint density at radius 1 is 1.50 bits per heavy atom. The smallest absolute Gasteiger partial charge is 0.1000 e. The molecule has 0 radical (unpaired) electrons. The first-order chi connectivity index (χ1) is 4.79. The van der Waals surface area contributed by atoms with Crippen molar-refractivity contribution in [2.24, 2.45) is 0 Å². The van der Waals surface area contributed by atoms with Crippen molar-refractivity contribution in [2.45, 2.75) is 13.8 Å². The summed E-state index contributed by atoms with van der Waals surface area (Å²) in [4.78, 5) is 2.35. The fourth-order valence-corrected chi connectivity index (χ4v) is 0.702. The van der Waals surface area contributed by atoms with Crippen LogP contribution in [0.4, 0.5) is 0 Å². The lowest BCUT2D eigenvalue weighted by molar-refractivity contribution is 0.230. The van der Waals surface area contributed by atoms with Crippen molar-refractivity contribution in [2.75, 3.05) is 26.2 Å². The van der Waals surface area contributed by atoms with Crippen LogP contribution in [0.5, 0.6) is 0 Å². The van der Waals surface area contributed by atoms with Crippen LogP contribution in [0.1, 0.15) is 13.8 Å². The van der Waals surface area contributed by atoms with Gasteiger partial charge in [0.1, 0.15) is 0 Å². The Kier molecular flexibility index (Phi) is 2.75. The summed E-state index contributed by atoms with van der Waals surface area (Å²) in [7, 11) is 0. The molecule has 0 N–H and O–H groups in total.